The molecule has 104 valence electrons. The van der Waals surface area contributed by atoms with Gasteiger partial charge < -0.3 is 15.3 Å². The fourth-order valence-corrected chi connectivity index (χ4v) is 2.48. The molecule has 1 aliphatic rings. The van der Waals surface area contributed by atoms with Crippen molar-refractivity contribution in [3.05, 3.63) is 35.4 Å². The zero-order valence-corrected chi connectivity index (χ0v) is 11.6. The summed E-state index contributed by atoms with van der Waals surface area (Å²) in [4.78, 5) is 13.9. The number of fused-ring (bicyclic) bond motifs is 1. The molecule has 19 heavy (non-hydrogen) atoms. The van der Waals surface area contributed by atoms with Crippen LogP contribution in [0.1, 0.15) is 31.0 Å². The van der Waals surface area contributed by atoms with Crippen LogP contribution >= 0.6 is 0 Å². The minimum atomic E-state index is -0.225. The number of rotatable bonds is 3. The number of carbonyl (C=O) groups is 1. The molecular weight excluding hydrogens is 240 g/mol. The maximum atomic E-state index is 12.2. The highest BCUT2D eigenvalue weighted by Crippen LogP contribution is 2.29. The van der Waals surface area contributed by atoms with Gasteiger partial charge in [0, 0.05) is 13.1 Å². The van der Waals surface area contributed by atoms with Crippen LogP contribution in [0.5, 0.6) is 0 Å². The van der Waals surface area contributed by atoms with Crippen LogP contribution in [-0.4, -0.2) is 35.7 Å². The van der Waals surface area contributed by atoms with Gasteiger partial charge in [0.2, 0.25) is 0 Å². The normalized spacial score (nSPS) is 18.3. The molecule has 1 atom stereocenters. The largest absolute Gasteiger partial charge is 0.394 e. The lowest BCUT2D eigenvalue weighted by Gasteiger charge is -2.36. The summed E-state index contributed by atoms with van der Waals surface area (Å²) >= 11 is 0. The Kier molecular flexibility index (Phi) is 4.43. The Balaban J connectivity index is 2.13. The van der Waals surface area contributed by atoms with Gasteiger partial charge in [0.1, 0.15) is 0 Å². The maximum Gasteiger partial charge on any atom is 0.318 e. The summed E-state index contributed by atoms with van der Waals surface area (Å²) in [6.45, 7) is 5.41. The summed E-state index contributed by atoms with van der Waals surface area (Å²) < 4.78 is 0. The van der Waals surface area contributed by atoms with Crippen LogP contribution < -0.4 is 5.32 Å². The second kappa shape index (κ2) is 6.06. The second-order valence-electron chi connectivity index (χ2n) is 5.42. The Morgan fingerprint density at radius 3 is 2.89 bits per heavy atom. The van der Waals surface area contributed by atoms with E-state index in [-0.39, 0.29) is 18.7 Å². The molecule has 1 aromatic carbocycles. The summed E-state index contributed by atoms with van der Waals surface area (Å²) in [6.07, 6.45) is 0.849. The van der Waals surface area contributed by atoms with Crippen molar-refractivity contribution in [1.82, 2.24) is 10.2 Å². The van der Waals surface area contributed by atoms with E-state index in [9.17, 15) is 9.90 Å². The molecule has 2 amide bonds. The predicted octanol–water partition coefficient (Wildman–Crippen LogP) is 1.94. The molecule has 2 rings (SSSR count). The molecular formula is C15H22N2O2. The summed E-state index contributed by atoms with van der Waals surface area (Å²) in [5.74, 6) is 0.425. The number of aliphatic hydroxyl groups is 1. The maximum absolute atomic E-state index is 12.2. The smallest absolute Gasteiger partial charge is 0.318 e. The minimum Gasteiger partial charge on any atom is -0.394 e. The molecule has 1 heterocycles. The fraction of sp³-hybridized carbons (Fsp3) is 0.533. The molecule has 0 saturated heterocycles. The lowest BCUT2D eigenvalue weighted by atomic mass is 9.93. The van der Waals surface area contributed by atoms with Gasteiger partial charge in [-0.3, -0.25) is 0 Å². The Morgan fingerprint density at radius 2 is 2.21 bits per heavy atom. The number of urea groups is 1. The van der Waals surface area contributed by atoms with Gasteiger partial charge in [-0.05, 0) is 23.5 Å². The monoisotopic (exact) mass is 262 g/mol. The molecule has 4 nitrogen and oxygen atoms in total. The van der Waals surface area contributed by atoms with E-state index in [1.165, 1.54) is 5.56 Å². The van der Waals surface area contributed by atoms with Crippen LogP contribution in [0.4, 0.5) is 4.79 Å². The number of nitrogens with one attached hydrogen (secondary N) is 1. The van der Waals surface area contributed by atoms with Gasteiger partial charge in [-0.25, -0.2) is 4.79 Å². The van der Waals surface area contributed by atoms with E-state index in [0.717, 1.165) is 12.0 Å². The fourth-order valence-electron chi connectivity index (χ4n) is 2.48. The number of hydrogen-bond acceptors (Lipinski definition) is 2. The average molecular weight is 262 g/mol. The second-order valence-corrected chi connectivity index (χ2v) is 5.42. The molecule has 1 aliphatic heterocycles. The number of aliphatic hydroxyl groups excluding tert-OH is 1. The number of hydrogen-bond donors (Lipinski definition) is 2. The first-order valence-electron chi connectivity index (χ1n) is 6.86. The number of nitrogens with zero attached hydrogens (tertiary/aromatic N) is 1. The highest BCUT2D eigenvalue weighted by atomic mass is 16.3. The highest BCUT2D eigenvalue weighted by molar-refractivity contribution is 5.75. The zero-order chi connectivity index (χ0) is 13.8. The highest BCUT2D eigenvalue weighted by Gasteiger charge is 2.29. The Bertz CT molecular complexity index is 446. The van der Waals surface area contributed by atoms with Crippen molar-refractivity contribution < 1.29 is 9.90 Å². The predicted molar refractivity (Wildman–Crippen MR) is 74.9 cm³/mol. The van der Waals surface area contributed by atoms with Gasteiger partial charge in [0.25, 0.3) is 0 Å². The van der Waals surface area contributed by atoms with Crippen molar-refractivity contribution in [2.75, 3.05) is 19.7 Å². The van der Waals surface area contributed by atoms with Gasteiger partial charge in [-0.1, -0.05) is 38.1 Å². The van der Waals surface area contributed by atoms with Gasteiger partial charge in [0.05, 0.1) is 12.6 Å². The Hall–Kier alpha value is -1.55. The van der Waals surface area contributed by atoms with Crippen molar-refractivity contribution in [3.63, 3.8) is 0 Å². The van der Waals surface area contributed by atoms with Crippen LogP contribution in [0.25, 0.3) is 0 Å². The molecule has 0 bridgehead atoms. The van der Waals surface area contributed by atoms with E-state index in [0.29, 0.717) is 19.0 Å². The summed E-state index contributed by atoms with van der Waals surface area (Å²) in [5, 5.41) is 12.5. The molecule has 1 aromatic rings. The van der Waals surface area contributed by atoms with Crippen LogP contribution in [0.2, 0.25) is 0 Å². The van der Waals surface area contributed by atoms with Crippen LogP contribution in [0.15, 0.2) is 24.3 Å². The van der Waals surface area contributed by atoms with Crippen LogP contribution in [0, 0.1) is 5.92 Å². The minimum absolute atomic E-state index is 0.0356. The van der Waals surface area contributed by atoms with E-state index in [4.69, 9.17) is 0 Å². The Morgan fingerprint density at radius 1 is 1.47 bits per heavy atom. The lowest BCUT2D eigenvalue weighted by molar-refractivity contribution is 0.126. The van der Waals surface area contributed by atoms with E-state index in [1.54, 1.807) is 4.90 Å². The topological polar surface area (TPSA) is 52.6 Å². The standard InChI is InChI=1S/C15H22N2O2/c1-11(2)9-16-15(19)17-8-7-12-5-3-4-6-13(12)14(17)10-18/h3-6,11,14,18H,7-10H2,1-2H3,(H,16,19). The molecule has 0 aromatic heterocycles. The molecule has 0 spiro atoms. The third kappa shape index (κ3) is 3.07. The number of carbonyl (C=O) groups excluding carboxylic acids is 1. The average Bonchev–Trinajstić information content (AvgIpc) is 2.43. The summed E-state index contributed by atoms with van der Waals surface area (Å²) in [5.41, 5.74) is 2.30. The molecule has 4 heteroatoms. The molecule has 0 aliphatic carbocycles. The van der Waals surface area contributed by atoms with Gasteiger partial charge in [-0.2, -0.15) is 0 Å². The van der Waals surface area contributed by atoms with Crippen LogP contribution in [0.3, 0.4) is 0 Å². The molecule has 0 fully saturated rings. The lowest BCUT2D eigenvalue weighted by Crippen LogP contribution is -2.47. The zero-order valence-electron chi connectivity index (χ0n) is 11.6. The SMILES string of the molecule is CC(C)CNC(=O)N1CCc2ccccc2C1CO. The van der Waals surface area contributed by atoms with E-state index in [2.05, 4.69) is 25.2 Å². The summed E-state index contributed by atoms with van der Waals surface area (Å²) in [7, 11) is 0. The first kappa shape index (κ1) is 13.9. The number of amides is 2. The molecule has 0 saturated carbocycles. The Labute approximate surface area is 114 Å². The van der Waals surface area contributed by atoms with E-state index < -0.39 is 0 Å². The van der Waals surface area contributed by atoms with Crippen molar-refractivity contribution in [3.8, 4) is 0 Å². The third-order valence-corrected chi connectivity index (χ3v) is 3.51. The first-order chi connectivity index (χ1) is 9.13. The van der Waals surface area contributed by atoms with Gasteiger partial charge in [0.15, 0.2) is 0 Å². The van der Waals surface area contributed by atoms with Gasteiger partial charge >= 0.3 is 6.03 Å². The molecule has 0 radical (unpaired) electrons. The molecule has 2 N–H and O–H groups in total. The van der Waals surface area contributed by atoms with Crippen molar-refractivity contribution in [2.45, 2.75) is 26.3 Å². The summed E-state index contributed by atoms with van der Waals surface area (Å²) in [6, 6.07) is 7.72. The number of benzene rings is 1. The van der Waals surface area contributed by atoms with Crippen molar-refractivity contribution >= 4 is 6.03 Å². The van der Waals surface area contributed by atoms with Crippen molar-refractivity contribution in [1.29, 1.82) is 0 Å². The quantitative estimate of drug-likeness (QED) is 0.874. The third-order valence-electron chi connectivity index (χ3n) is 3.51. The first-order valence-corrected chi connectivity index (χ1v) is 6.86. The molecule has 1 unspecified atom stereocenters. The van der Waals surface area contributed by atoms with Crippen molar-refractivity contribution in [2.24, 2.45) is 5.92 Å². The van der Waals surface area contributed by atoms with E-state index in [1.807, 2.05) is 18.2 Å². The van der Waals surface area contributed by atoms with Gasteiger partial charge in [-0.15, -0.1) is 0 Å². The van der Waals surface area contributed by atoms with Crippen LogP contribution in [-0.2, 0) is 6.42 Å². The van der Waals surface area contributed by atoms with E-state index >= 15 is 0 Å².